The zero-order valence-electron chi connectivity index (χ0n) is 17.1. The number of hydrogen-bond acceptors (Lipinski definition) is 5. The van der Waals surface area contributed by atoms with Gasteiger partial charge in [0.15, 0.2) is 0 Å². The van der Waals surface area contributed by atoms with Crippen molar-refractivity contribution in [3.05, 3.63) is 40.8 Å². The molecule has 0 radical (unpaired) electrons. The van der Waals surface area contributed by atoms with E-state index in [-0.39, 0.29) is 0 Å². The number of benzene rings is 1. The smallest absolute Gasteiger partial charge is 0.143 e. The molecule has 6 heteroatoms. The molecule has 3 heterocycles. The molecule has 0 aliphatic carbocycles. The molecular weight excluding hydrogens is 350 g/mol. The molecule has 0 amide bonds. The molecule has 146 valence electrons. The molecule has 1 aliphatic rings. The molecule has 4 rings (SSSR count). The van der Waals surface area contributed by atoms with Crippen molar-refractivity contribution >= 4 is 28.8 Å². The first-order valence-electron chi connectivity index (χ1n) is 9.81. The van der Waals surface area contributed by atoms with Gasteiger partial charge in [-0.2, -0.15) is 0 Å². The Labute approximate surface area is 165 Å². The summed E-state index contributed by atoms with van der Waals surface area (Å²) in [5.74, 6) is 2.52. The van der Waals surface area contributed by atoms with Crippen LogP contribution in [0.4, 0.5) is 11.5 Å². The van der Waals surface area contributed by atoms with Gasteiger partial charge < -0.3 is 15.0 Å². The van der Waals surface area contributed by atoms with Gasteiger partial charge >= 0.3 is 0 Å². The molecule has 0 bridgehead atoms. The number of aromatic amines is 1. The third kappa shape index (κ3) is 3.23. The van der Waals surface area contributed by atoms with E-state index < -0.39 is 0 Å². The lowest BCUT2D eigenvalue weighted by atomic mass is 9.96. The summed E-state index contributed by atoms with van der Waals surface area (Å²) in [6.45, 7) is 9.61. The number of fused-ring (bicyclic) bond motifs is 2. The van der Waals surface area contributed by atoms with Crippen molar-refractivity contribution in [1.82, 2.24) is 15.0 Å². The molecule has 3 aromatic rings. The highest BCUT2D eigenvalue weighted by Crippen LogP contribution is 2.37. The minimum absolute atomic E-state index is 0.364. The number of nitrogens with zero attached hydrogens (tertiary/aromatic N) is 3. The first kappa shape index (κ1) is 18.5. The molecule has 1 aliphatic heterocycles. The Morgan fingerprint density at radius 3 is 2.71 bits per heavy atom. The zero-order valence-corrected chi connectivity index (χ0v) is 17.1. The summed E-state index contributed by atoms with van der Waals surface area (Å²) in [5.41, 5.74) is 6.59. The van der Waals surface area contributed by atoms with Crippen LogP contribution in [0.5, 0.6) is 5.75 Å². The molecule has 28 heavy (non-hydrogen) atoms. The quantitative estimate of drug-likeness (QED) is 0.636. The van der Waals surface area contributed by atoms with Gasteiger partial charge in [-0.25, -0.2) is 9.97 Å². The standard InChI is InChI=1S/C22H27N5O/c1-12(2)6-17-19(13(3)4)20-21(24-11-25-22(20)27-17)26-16-7-14-9-23-10-15(14)8-18(16)28-5/h7-9,11-13H,6,10H2,1-5H3,(H2,24,25,26,27). The van der Waals surface area contributed by atoms with E-state index in [4.69, 9.17) is 4.74 Å². The highest BCUT2D eigenvalue weighted by atomic mass is 16.5. The van der Waals surface area contributed by atoms with E-state index in [2.05, 4.69) is 59.0 Å². The second-order valence-electron chi connectivity index (χ2n) is 8.06. The maximum Gasteiger partial charge on any atom is 0.143 e. The van der Waals surface area contributed by atoms with Crippen molar-refractivity contribution in [2.45, 2.75) is 46.6 Å². The Balaban J connectivity index is 1.84. The van der Waals surface area contributed by atoms with Crippen LogP contribution in [0.25, 0.3) is 11.0 Å². The van der Waals surface area contributed by atoms with Crippen molar-refractivity contribution in [3.63, 3.8) is 0 Å². The third-order valence-electron chi connectivity index (χ3n) is 5.11. The zero-order chi connectivity index (χ0) is 19.8. The molecule has 0 fully saturated rings. The van der Waals surface area contributed by atoms with E-state index in [0.717, 1.165) is 40.3 Å². The topological polar surface area (TPSA) is 75.2 Å². The van der Waals surface area contributed by atoms with Gasteiger partial charge in [0, 0.05) is 11.9 Å². The van der Waals surface area contributed by atoms with Crippen molar-refractivity contribution in [1.29, 1.82) is 0 Å². The molecule has 0 saturated carbocycles. The summed E-state index contributed by atoms with van der Waals surface area (Å²) in [4.78, 5) is 17.0. The maximum absolute atomic E-state index is 5.62. The Hall–Kier alpha value is -2.89. The second kappa shape index (κ2) is 7.26. The van der Waals surface area contributed by atoms with E-state index in [0.29, 0.717) is 18.4 Å². The van der Waals surface area contributed by atoms with Crippen molar-refractivity contribution < 1.29 is 4.74 Å². The lowest BCUT2D eigenvalue weighted by Crippen LogP contribution is -2.02. The van der Waals surface area contributed by atoms with Crippen molar-refractivity contribution in [2.75, 3.05) is 12.4 Å². The SMILES string of the molecule is COc1cc2c(cc1Nc1ncnc3[nH]c(CC(C)C)c(C(C)C)c13)C=NC2. The number of H-pyrrole nitrogens is 1. The number of methoxy groups -OCH3 is 1. The van der Waals surface area contributed by atoms with E-state index in [1.165, 1.54) is 16.8 Å². The minimum Gasteiger partial charge on any atom is -0.495 e. The van der Waals surface area contributed by atoms with Crippen LogP contribution >= 0.6 is 0 Å². The van der Waals surface area contributed by atoms with Crippen LogP contribution in [0.3, 0.4) is 0 Å². The van der Waals surface area contributed by atoms with E-state index in [1.807, 2.05) is 12.3 Å². The van der Waals surface area contributed by atoms with Gasteiger partial charge in [-0.15, -0.1) is 0 Å². The Morgan fingerprint density at radius 2 is 2.00 bits per heavy atom. The summed E-state index contributed by atoms with van der Waals surface area (Å²) in [6.07, 6.45) is 4.50. The summed E-state index contributed by atoms with van der Waals surface area (Å²) < 4.78 is 5.62. The normalized spacial score (nSPS) is 13.0. The summed E-state index contributed by atoms with van der Waals surface area (Å²) >= 11 is 0. The van der Waals surface area contributed by atoms with Gasteiger partial charge in [-0.3, -0.25) is 4.99 Å². The maximum atomic E-state index is 5.62. The van der Waals surface area contributed by atoms with Gasteiger partial charge in [-0.1, -0.05) is 27.7 Å². The summed E-state index contributed by atoms with van der Waals surface area (Å²) in [6, 6.07) is 4.13. The molecule has 0 unspecified atom stereocenters. The first-order valence-corrected chi connectivity index (χ1v) is 9.81. The van der Waals surface area contributed by atoms with Crippen LogP contribution in [-0.2, 0) is 13.0 Å². The van der Waals surface area contributed by atoms with Crippen LogP contribution in [-0.4, -0.2) is 28.3 Å². The number of ether oxygens (including phenoxy) is 1. The second-order valence-corrected chi connectivity index (χ2v) is 8.06. The van der Waals surface area contributed by atoms with Gasteiger partial charge in [0.25, 0.3) is 0 Å². The van der Waals surface area contributed by atoms with Crippen LogP contribution in [0.15, 0.2) is 23.5 Å². The fourth-order valence-electron chi connectivity index (χ4n) is 3.93. The van der Waals surface area contributed by atoms with E-state index in [9.17, 15) is 0 Å². The third-order valence-corrected chi connectivity index (χ3v) is 5.11. The van der Waals surface area contributed by atoms with E-state index in [1.54, 1.807) is 13.4 Å². The Morgan fingerprint density at radius 1 is 1.18 bits per heavy atom. The predicted molar refractivity (Wildman–Crippen MR) is 114 cm³/mol. The van der Waals surface area contributed by atoms with Crippen LogP contribution in [0.1, 0.15) is 56.0 Å². The van der Waals surface area contributed by atoms with Crippen molar-refractivity contribution in [3.8, 4) is 5.75 Å². The summed E-state index contributed by atoms with van der Waals surface area (Å²) in [7, 11) is 1.69. The number of hydrogen-bond donors (Lipinski definition) is 2. The average Bonchev–Trinajstić information content (AvgIpc) is 3.24. The van der Waals surface area contributed by atoms with Crippen LogP contribution in [0, 0.1) is 5.92 Å². The van der Waals surface area contributed by atoms with Crippen molar-refractivity contribution in [2.24, 2.45) is 10.9 Å². The number of anilines is 2. The highest BCUT2D eigenvalue weighted by Gasteiger charge is 2.21. The fraction of sp³-hybridized carbons (Fsp3) is 0.409. The van der Waals surface area contributed by atoms with Crippen LogP contribution < -0.4 is 10.1 Å². The molecule has 1 aromatic carbocycles. The molecule has 6 nitrogen and oxygen atoms in total. The molecule has 0 atom stereocenters. The highest BCUT2D eigenvalue weighted by molar-refractivity contribution is 5.95. The monoisotopic (exact) mass is 377 g/mol. The lowest BCUT2D eigenvalue weighted by Gasteiger charge is -2.15. The molecule has 2 N–H and O–H groups in total. The molecular formula is C22H27N5O. The van der Waals surface area contributed by atoms with Gasteiger partial charge in [-0.05, 0) is 47.1 Å². The minimum atomic E-state index is 0.364. The predicted octanol–water partition coefficient (Wildman–Crippen LogP) is 4.96. The number of rotatable bonds is 6. The average molecular weight is 377 g/mol. The van der Waals surface area contributed by atoms with E-state index >= 15 is 0 Å². The number of aromatic nitrogens is 3. The summed E-state index contributed by atoms with van der Waals surface area (Å²) in [5, 5.41) is 4.56. The molecule has 0 saturated heterocycles. The molecule has 0 spiro atoms. The Kier molecular flexibility index (Phi) is 4.79. The van der Waals surface area contributed by atoms with Gasteiger partial charge in [0.05, 0.1) is 24.7 Å². The van der Waals surface area contributed by atoms with Crippen LogP contribution in [0.2, 0.25) is 0 Å². The first-order chi connectivity index (χ1) is 13.5. The van der Waals surface area contributed by atoms with Gasteiger partial charge in [0.2, 0.25) is 0 Å². The lowest BCUT2D eigenvalue weighted by molar-refractivity contribution is 0.416. The fourth-order valence-corrected chi connectivity index (χ4v) is 3.93. The number of nitrogens with one attached hydrogen (secondary N) is 2. The largest absolute Gasteiger partial charge is 0.495 e. The Bertz CT molecular complexity index is 1050. The molecule has 2 aromatic heterocycles. The van der Waals surface area contributed by atoms with Gasteiger partial charge in [0.1, 0.15) is 23.5 Å². The number of aliphatic imine (C=N–C) groups is 1.